The fourth-order valence-corrected chi connectivity index (χ4v) is 3.12. The van der Waals surface area contributed by atoms with E-state index in [1.165, 1.54) is 7.11 Å². The van der Waals surface area contributed by atoms with E-state index in [-0.39, 0.29) is 33.7 Å². The Balaban J connectivity index is 3.19. The lowest BCUT2D eigenvalue weighted by molar-refractivity contribution is 0.0697. The number of ether oxygens (including phenoxy) is 1. The van der Waals surface area contributed by atoms with Crippen LogP contribution in [0.3, 0.4) is 0 Å². The summed E-state index contributed by atoms with van der Waals surface area (Å²) >= 11 is 11.4. The van der Waals surface area contributed by atoms with Gasteiger partial charge in [0.15, 0.2) is 0 Å². The number of hydrogen-bond acceptors (Lipinski definition) is 4. The smallest absolute Gasteiger partial charge is 0.337 e. The molecule has 6 nitrogen and oxygen atoms in total. The van der Waals surface area contributed by atoms with Crippen LogP contribution < -0.4 is 4.72 Å². The average Bonchev–Trinajstić information content (AvgIpc) is 2.28. The van der Waals surface area contributed by atoms with Crippen LogP contribution in [0.5, 0.6) is 0 Å². The van der Waals surface area contributed by atoms with Gasteiger partial charge in [-0.2, -0.15) is 0 Å². The molecule has 0 amide bonds. The van der Waals surface area contributed by atoms with Crippen molar-refractivity contribution >= 4 is 39.2 Å². The molecule has 0 radical (unpaired) electrons. The number of hydrogen-bond donors (Lipinski definition) is 2. The van der Waals surface area contributed by atoms with Gasteiger partial charge in [0.1, 0.15) is 4.90 Å². The highest BCUT2D eigenvalue weighted by Crippen LogP contribution is 2.28. The molecule has 0 heterocycles. The number of carboxylic acids is 1. The van der Waals surface area contributed by atoms with Crippen LogP contribution in [0.1, 0.15) is 10.4 Å². The minimum Gasteiger partial charge on any atom is -0.478 e. The lowest BCUT2D eigenvalue weighted by Gasteiger charge is -2.09. The lowest BCUT2D eigenvalue weighted by Crippen LogP contribution is -2.27. The van der Waals surface area contributed by atoms with Gasteiger partial charge in [-0.3, -0.25) is 0 Å². The molecule has 9 heteroatoms. The van der Waals surface area contributed by atoms with Crippen molar-refractivity contribution in [1.82, 2.24) is 4.72 Å². The van der Waals surface area contributed by atoms with Gasteiger partial charge in [0, 0.05) is 13.7 Å². The largest absolute Gasteiger partial charge is 0.478 e. The Bertz CT molecular complexity index is 588. The number of carbonyl (C=O) groups is 1. The third-order valence-corrected chi connectivity index (χ3v) is 4.38. The van der Waals surface area contributed by atoms with Gasteiger partial charge in [-0.1, -0.05) is 23.2 Å². The van der Waals surface area contributed by atoms with Gasteiger partial charge in [0.05, 0.1) is 22.2 Å². The van der Waals surface area contributed by atoms with E-state index in [1.54, 1.807) is 0 Å². The van der Waals surface area contributed by atoms with Crippen LogP contribution in [0.4, 0.5) is 0 Å². The first-order valence-corrected chi connectivity index (χ1v) is 7.24. The predicted molar refractivity (Wildman–Crippen MR) is 70.5 cm³/mol. The number of carboxylic acid groups (broad SMARTS) is 1. The van der Waals surface area contributed by atoms with Crippen LogP contribution in [0, 0.1) is 0 Å². The predicted octanol–water partition coefficient (Wildman–Crippen LogP) is 1.62. The zero-order chi connectivity index (χ0) is 14.6. The summed E-state index contributed by atoms with van der Waals surface area (Å²) in [4.78, 5) is 10.6. The molecule has 0 spiro atoms. The third-order valence-electron chi connectivity index (χ3n) is 2.14. The van der Waals surface area contributed by atoms with E-state index in [4.69, 9.17) is 33.0 Å². The van der Waals surface area contributed by atoms with E-state index in [9.17, 15) is 13.2 Å². The maximum Gasteiger partial charge on any atom is 0.337 e. The van der Waals surface area contributed by atoms with E-state index in [0.717, 1.165) is 12.1 Å². The van der Waals surface area contributed by atoms with Gasteiger partial charge in [-0.25, -0.2) is 17.9 Å². The fraction of sp³-hybridized carbons (Fsp3) is 0.300. The molecule has 0 aromatic heterocycles. The number of halogens is 2. The maximum atomic E-state index is 11.9. The number of rotatable bonds is 6. The highest BCUT2D eigenvalue weighted by Gasteiger charge is 2.22. The molecule has 0 aliphatic carbocycles. The van der Waals surface area contributed by atoms with Crippen molar-refractivity contribution in [3.05, 3.63) is 27.7 Å². The SMILES string of the molecule is COCCNS(=O)(=O)c1cc(C(=O)O)c(Cl)cc1Cl. The second-order valence-corrected chi connectivity index (χ2v) is 6.01. The van der Waals surface area contributed by atoms with Crippen LogP contribution in [0.2, 0.25) is 10.0 Å². The van der Waals surface area contributed by atoms with Crippen molar-refractivity contribution in [2.24, 2.45) is 0 Å². The van der Waals surface area contributed by atoms with Gasteiger partial charge in [-0.15, -0.1) is 0 Å². The fourth-order valence-electron chi connectivity index (χ4n) is 1.25. The van der Waals surface area contributed by atoms with Gasteiger partial charge < -0.3 is 9.84 Å². The van der Waals surface area contributed by atoms with Crippen molar-refractivity contribution in [2.45, 2.75) is 4.90 Å². The van der Waals surface area contributed by atoms with E-state index in [1.807, 2.05) is 0 Å². The summed E-state index contributed by atoms with van der Waals surface area (Å²) in [6.07, 6.45) is 0. The van der Waals surface area contributed by atoms with E-state index in [0.29, 0.717) is 0 Å². The molecular formula is C10H11Cl2NO5S. The molecule has 2 N–H and O–H groups in total. The zero-order valence-electron chi connectivity index (χ0n) is 9.81. The second kappa shape index (κ2) is 6.53. The van der Waals surface area contributed by atoms with Gasteiger partial charge in [0.25, 0.3) is 0 Å². The maximum absolute atomic E-state index is 11.9. The summed E-state index contributed by atoms with van der Waals surface area (Å²) in [6.45, 7) is 0.219. The summed E-state index contributed by atoms with van der Waals surface area (Å²) in [5.41, 5.74) is -0.335. The van der Waals surface area contributed by atoms with Crippen LogP contribution in [0.25, 0.3) is 0 Å². The summed E-state index contributed by atoms with van der Waals surface area (Å²) < 4.78 is 30.8. The number of sulfonamides is 1. The van der Waals surface area contributed by atoms with E-state index < -0.39 is 16.0 Å². The number of aromatic carboxylic acids is 1. The van der Waals surface area contributed by atoms with Gasteiger partial charge >= 0.3 is 5.97 Å². The Morgan fingerprint density at radius 3 is 2.53 bits per heavy atom. The second-order valence-electron chi connectivity index (χ2n) is 3.46. The molecule has 1 aromatic carbocycles. The Labute approximate surface area is 120 Å². The topological polar surface area (TPSA) is 92.7 Å². The highest BCUT2D eigenvalue weighted by molar-refractivity contribution is 7.89. The molecule has 0 fully saturated rings. The monoisotopic (exact) mass is 327 g/mol. The standard InChI is InChI=1S/C10H11Cl2NO5S/c1-18-3-2-13-19(16,17)9-4-6(10(14)15)7(11)5-8(9)12/h4-5,13H,2-3H2,1H3,(H,14,15). The van der Waals surface area contributed by atoms with Crippen molar-refractivity contribution in [1.29, 1.82) is 0 Å². The van der Waals surface area contributed by atoms with Crippen LogP contribution in [-0.4, -0.2) is 39.8 Å². The van der Waals surface area contributed by atoms with E-state index >= 15 is 0 Å². The first-order valence-electron chi connectivity index (χ1n) is 5.00. The average molecular weight is 328 g/mol. The van der Waals surface area contributed by atoms with Crippen molar-refractivity contribution in [3.8, 4) is 0 Å². The molecule has 0 unspecified atom stereocenters. The summed E-state index contributed by atoms with van der Waals surface area (Å²) in [5, 5.41) is 8.61. The molecule has 1 rings (SSSR count). The molecule has 106 valence electrons. The zero-order valence-corrected chi connectivity index (χ0v) is 12.1. The molecule has 0 aliphatic rings. The third kappa shape index (κ3) is 4.05. The normalized spacial score (nSPS) is 11.5. The highest BCUT2D eigenvalue weighted by atomic mass is 35.5. The summed E-state index contributed by atoms with van der Waals surface area (Å²) in [5.74, 6) is -1.34. The Hall–Kier alpha value is -0.860. The first kappa shape index (κ1) is 16.2. The van der Waals surface area contributed by atoms with Gasteiger partial charge in [0.2, 0.25) is 10.0 Å². The molecule has 0 aliphatic heterocycles. The molecular weight excluding hydrogens is 317 g/mol. The summed E-state index contributed by atoms with van der Waals surface area (Å²) in [7, 11) is -2.50. The molecule has 0 saturated carbocycles. The first-order chi connectivity index (χ1) is 8.79. The van der Waals surface area contributed by atoms with E-state index in [2.05, 4.69) is 4.72 Å². The minimum absolute atomic E-state index is 0.0419. The van der Waals surface area contributed by atoms with Gasteiger partial charge in [-0.05, 0) is 12.1 Å². The van der Waals surface area contributed by atoms with Crippen molar-refractivity contribution < 1.29 is 23.1 Å². The summed E-state index contributed by atoms with van der Waals surface area (Å²) in [6, 6.07) is 2.00. The minimum atomic E-state index is -3.92. The number of benzene rings is 1. The molecule has 0 atom stereocenters. The van der Waals surface area contributed by atoms with Crippen molar-refractivity contribution in [2.75, 3.05) is 20.3 Å². The van der Waals surface area contributed by atoms with Crippen LogP contribution in [0.15, 0.2) is 17.0 Å². The van der Waals surface area contributed by atoms with Crippen molar-refractivity contribution in [3.63, 3.8) is 0 Å². The van der Waals surface area contributed by atoms with Crippen LogP contribution in [-0.2, 0) is 14.8 Å². The molecule has 0 bridgehead atoms. The molecule has 1 aromatic rings. The quantitative estimate of drug-likeness (QED) is 0.774. The number of methoxy groups -OCH3 is 1. The molecule has 0 saturated heterocycles. The Morgan fingerprint density at radius 1 is 1.37 bits per heavy atom. The molecule has 19 heavy (non-hydrogen) atoms. The number of nitrogens with one attached hydrogen (secondary N) is 1. The lowest BCUT2D eigenvalue weighted by atomic mass is 10.2. The Morgan fingerprint density at radius 2 is 2.00 bits per heavy atom. The Kier molecular flexibility index (Phi) is 5.57. The van der Waals surface area contributed by atoms with Crippen LogP contribution >= 0.6 is 23.2 Å².